The normalized spacial score (nSPS) is 12.3. The number of nitrogens with zero attached hydrogens (tertiary/aromatic N) is 5. The van der Waals surface area contributed by atoms with Gasteiger partial charge in [0.2, 0.25) is 0 Å². The number of aromatic nitrogens is 5. The number of hydrogen-bond acceptors (Lipinski definition) is 5. The van der Waals surface area contributed by atoms with Gasteiger partial charge in [-0.2, -0.15) is 0 Å². The molecule has 0 saturated heterocycles. The van der Waals surface area contributed by atoms with E-state index in [0.29, 0.717) is 11.2 Å². The van der Waals surface area contributed by atoms with Gasteiger partial charge >= 0.3 is 144 Å². The van der Waals surface area contributed by atoms with E-state index in [1.54, 1.807) is 12.4 Å². The molecule has 321 valence electrons. The van der Waals surface area contributed by atoms with Crippen LogP contribution in [0.15, 0.2) is 163 Å². The molecule has 0 aliphatic carbocycles. The van der Waals surface area contributed by atoms with E-state index in [9.17, 15) is 0 Å². The summed E-state index contributed by atoms with van der Waals surface area (Å²) in [4.78, 5) is 19.1. The van der Waals surface area contributed by atoms with Gasteiger partial charge in [-0.05, 0) is 52.3 Å². The van der Waals surface area contributed by atoms with E-state index in [2.05, 4.69) is 126 Å². The summed E-state index contributed by atoms with van der Waals surface area (Å²) >= 11 is -2.30. The van der Waals surface area contributed by atoms with Crippen LogP contribution < -0.4 is 4.40 Å². The maximum absolute atomic E-state index is 8.85. The van der Waals surface area contributed by atoms with Crippen LogP contribution in [0.3, 0.4) is 0 Å². The molecular formula is C56H51GeIrN5O-2. The van der Waals surface area contributed by atoms with Gasteiger partial charge < -0.3 is 8.98 Å². The predicted molar refractivity (Wildman–Crippen MR) is 263 cm³/mol. The fourth-order valence-corrected chi connectivity index (χ4v) is 11.1. The third kappa shape index (κ3) is 9.03. The van der Waals surface area contributed by atoms with Crippen molar-refractivity contribution in [1.29, 1.82) is 0 Å². The average Bonchev–Trinajstić information content (AvgIpc) is 3.90. The van der Waals surface area contributed by atoms with E-state index in [1.807, 2.05) is 91.1 Å². The quantitative estimate of drug-likeness (QED) is 0.106. The van der Waals surface area contributed by atoms with Crippen LogP contribution in [0, 0.1) is 12.1 Å². The van der Waals surface area contributed by atoms with Gasteiger partial charge in [-0.1, -0.05) is 87.2 Å². The Hall–Kier alpha value is -5.99. The monoisotopic (exact) mass is 1080 g/mol. The molecule has 6 nitrogen and oxygen atoms in total. The maximum Gasteiger partial charge on any atom is 0 e. The van der Waals surface area contributed by atoms with Gasteiger partial charge in [-0.3, -0.25) is 4.98 Å². The van der Waals surface area contributed by atoms with Gasteiger partial charge in [0, 0.05) is 43.6 Å². The van der Waals surface area contributed by atoms with Gasteiger partial charge in [0.25, 0.3) is 0 Å². The molecule has 0 aliphatic heterocycles. The first-order chi connectivity index (χ1) is 31.3. The molecule has 0 N–H and O–H groups in total. The van der Waals surface area contributed by atoms with Crippen LogP contribution in [-0.2, 0) is 26.5 Å². The molecular weight excluding hydrogens is 1020 g/mol. The molecule has 6 aromatic carbocycles. The second-order valence-electron chi connectivity index (χ2n) is 17.5. The predicted octanol–water partition coefficient (Wildman–Crippen LogP) is 13.8. The van der Waals surface area contributed by atoms with Crippen LogP contribution in [0.4, 0.5) is 0 Å². The van der Waals surface area contributed by atoms with Crippen molar-refractivity contribution in [3.63, 3.8) is 0 Å². The second kappa shape index (κ2) is 19.0. The Balaban J connectivity index is 0.000000197. The van der Waals surface area contributed by atoms with Crippen LogP contribution in [0.2, 0.25) is 17.3 Å². The summed E-state index contributed by atoms with van der Waals surface area (Å²) in [6.45, 7) is 8.98. The molecule has 0 spiro atoms. The SMILES string of the molecule is CC(C)c1cc(-c2ccccc2)cc(C(C)C)c1-n1c(-c2[c-]ccc3c2oc2ccccc23)nc2nccnc21.[2H]C([2H])(c1ccccc1)c1cc(-c2[c-]cccc2)nc[c]1[Ge]([CH3])([CH3])[CH3].[Ir]. The zero-order valence-electron chi connectivity index (χ0n) is 39.1. The van der Waals surface area contributed by atoms with Crippen molar-refractivity contribution in [2.75, 3.05) is 0 Å². The number of hydrogen-bond donors (Lipinski definition) is 0. The standard InChI is InChI=1S/C35H29N4O.C21H22GeN.Ir/c1-21(2)28-19-24(23-11-6-5-7-12-23)20-29(22(3)4)31(28)39-34(38-33-35(39)37-18-17-36-33)27-15-10-14-26-25-13-8-9-16-30(25)40-32(26)27;1-22(2,3)20-16-23-21(18-12-8-5-9-13-18)15-19(20)14-17-10-6-4-7-11-17;/h5-14,16-22H,1-4H3;4-12,15-16H,14H2,1-3H3;/q2*-1;/i;14D2;. The minimum atomic E-state index is -2.30. The van der Waals surface area contributed by atoms with E-state index in [1.165, 1.54) is 22.3 Å². The number of furan rings is 1. The number of benzene rings is 6. The Bertz CT molecular complexity index is 3260. The van der Waals surface area contributed by atoms with Crippen molar-refractivity contribution in [2.45, 2.75) is 63.2 Å². The molecule has 0 bridgehead atoms. The van der Waals surface area contributed by atoms with Gasteiger partial charge in [0.05, 0.1) is 11.4 Å². The van der Waals surface area contributed by atoms with E-state index < -0.39 is 19.6 Å². The first-order valence-electron chi connectivity index (χ1n) is 22.6. The van der Waals surface area contributed by atoms with Gasteiger partial charge in [-0.25, -0.2) is 9.97 Å². The summed E-state index contributed by atoms with van der Waals surface area (Å²) in [5.74, 6) is 8.05. The molecule has 0 saturated carbocycles. The van der Waals surface area contributed by atoms with Gasteiger partial charge in [0.15, 0.2) is 11.3 Å². The Morgan fingerprint density at radius 3 is 2.05 bits per heavy atom. The van der Waals surface area contributed by atoms with Crippen molar-refractivity contribution in [2.24, 2.45) is 0 Å². The molecule has 10 rings (SSSR count). The number of pyridine rings is 1. The maximum atomic E-state index is 8.85. The summed E-state index contributed by atoms with van der Waals surface area (Å²) in [6.07, 6.45) is 3.77. The number of rotatable bonds is 9. The van der Waals surface area contributed by atoms with Crippen LogP contribution in [0.25, 0.3) is 72.7 Å². The number of para-hydroxylation sites is 1. The molecule has 1 radical (unpaired) electrons. The molecule has 10 aromatic rings. The molecule has 64 heavy (non-hydrogen) atoms. The van der Waals surface area contributed by atoms with E-state index in [4.69, 9.17) is 17.1 Å². The van der Waals surface area contributed by atoms with Crippen molar-refractivity contribution < 1.29 is 27.3 Å². The summed E-state index contributed by atoms with van der Waals surface area (Å²) in [7, 11) is 0. The van der Waals surface area contributed by atoms with Crippen LogP contribution in [0.5, 0.6) is 0 Å². The molecule has 4 heterocycles. The Morgan fingerprint density at radius 1 is 0.688 bits per heavy atom. The third-order valence-corrected chi connectivity index (χ3v) is 15.6. The summed E-state index contributed by atoms with van der Waals surface area (Å²) < 4.78 is 27.4. The topological polar surface area (TPSA) is 69.6 Å². The van der Waals surface area contributed by atoms with Crippen LogP contribution >= 0.6 is 0 Å². The minimum absolute atomic E-state index is 0. The molecule has 0 fully saturated rings. The zero-order chi connectivity index (χ0) is 45.5. The van der Waals surface area contributed by atoms with Crippen LogP contribution in [-0.4, -0.2) is 37.8 Å². The van der Waals surface area contributed by atoms with Crippen molar-refractivity contribution in [3.8, 4) is 39.5 Å². The summed E-state index contributed by atoms with van der Waals surface area (Å²) in [5.41, 5.74) is 12.8. The molecule has 0 aliphatic rings. The number of fused-ring (bicyclic) bond motifs is 4. The summed E-state index contributed by atoms with van der Waals surface area (Å²) in [6, 6.07) is 53.0. The number of imidazole rings is 1. The molecule has 4 aromatic heterocycles. The van der Waals surface area contributed by atoms with E-state index in [-0.39, 0.29) is 31.9 Å². The Labute approximate surface area is 395 Å². The van der Waals surface area contributed by atoms with Crippen molar-refractivity contribution in [3.05, 3.63) is 193 Å². The molecule has 0 unspecified atom stereocenters. The van der Waals surface area contributed by atoms with Crippen LogP contribution in [0.1, 0.15) is 64.5 Å². The van der Waals surface area contributed by atoms with Crippen molar-refractivity contribution >= 4 is 50.9 Å². The smallest absolute Gasteiger partial charge is 0 e. The van der Waals surface area contributed by atoms with Gasteiger partial charge in [-0.15, -0.1) is 18.2 Å². The Kier molecular flexibility index (Phi) is 12.5. The molecule has 0 atom stereocenters. The minimum Gasteiger partial charge on any atom is 0 e. The van der Waals surface area contributed by atoms with Gasteiger partial charge in [0.1, 0.15) is 5.58 Å². The Morgan fingerprint density at radius 2 is 1.36 bits per heavy atom. The molecule has 0 amide bonds. The second-order valence-corrected chi connectivity index (χ2v) is 28.1. The average molecular weight is 1080 g/mol. The fraction of sp³-hybridized carbons (Fsp3) is 0.179. The van der Waals surface area contributed by atoms with Crippen molar-refractivity contribution in [1.82, 2.24) is 24.5 Å². The first kappa shape index (κ1) is 42.0. The molecule has 8 heteroatoms. The third-order valence-electron chi connectivity index (χ3n) is 11.4. The largest absolute Gasteiger partial charge is 0 e. The van der Waals surface area contributed by atoms with E-state index in [0.717, 1.165) is 65.9 Å². The first-order valence-corrected chi connectivity index (χ1v) is 28.9. The zero-order valence-corrected chi connectivity index (χ0v) is 41.6. The summed E-state index contributed by atoms with van der Waals surface area (Å²) in [5, 5.41) is 2.11. The van der Waals surface area contributed by atoms with E-state index >= 15 is 0 Å². The fourth-order valence-electron chi connectivity index (χ4n) is 8.20.